The zero-order chi connectivity index (χ0) is 16.0. The first kappa shape index (κ1) is 14.0. The van der Waals surface area contributed by atoms with Gasteiger partial charge in [-0.15, -0.1) is 0 Å². The predicted octanol–water partition coefficient (Wildman–Crippen LogP) is 3.53. The summed E-state index contributed by atoms with van der Waals surface area (Å²) in [6.07, 6.45) is 3.23. The Morgan fingerprint density at radius 3 is 2.96 bits per heavy atom. The third kappa shape index (κ3) is 2.31. The van der Waals surface area contributed by atoms with Crippen LogP contribution in [0.25, 0.3) is 27.5 Å². The average molecular weight is 329 g/mol. The second-order valence-corrected chi connectivity index (χ2v) is 5.84. The lowest BCUT2D eigenvalue weighted by molar-refractivity contribution is 0.150. The van der Waals surface area contributed by atoms with Gasteiger partial charge in [0.2, 0.25) is 0 Å². The molecule has 1 aliphatic heterocycles. The standard InChI is InChI=1S/C16H13ClN4O2/c17-14-13-11-2-1-10(7-12(11)20-15(13)19-8-18-14)9-3-5-21(6-4-9)16(22)23/h1-3,7-8H,4-6H2,(H,22,23)(H,18,19,20). The smallest absolute Gasteiger partial charge is 0.407 e. The number of hydrogen-bond donors (Lipinski definition) is 2. The lowest BCUT2D eigenvalue weighted by Gasteiger charge is -2.23. The molecule has 0 bridgehead atoms. The number of halogens is 1. The Morgan fingerprint density at radius 2 is 2.22 bits per heavy atom. The molecular formula is C16H13ClN4O2. The zero-order valence-corrected chi connectivity index (χ0v) is 12.8. The molecule has 4 rings (SSSR count). The molecule has 0 atom stereocenters. The molecule has 2 aromatic heterocycles. The lowest BCUT2D eigenvalue weighted by atomic mass is 9.98. The van der Waals surface area contributed by atoms with Gasteiger partial charge in [-0.1, -0.05) is 29.8 Å². The van der Waals surface area contributed by atoms with Crippen LogP contribution in [-0.4, -0.2) is 44.1 Å². The van der Waals surface area contributed by atoms with E-state index in [0.717, 1.165) is 27.4 Å². The number of nitrogens with one attached hydrogen (secondary N) is 1. The lowest BCUT2D eigenvalue weighted by Crippen LogP contribution is -2.33. The van der Waals surface area contributed by atoms with E-state index < -0.39 is 6.09 Å². The molecule has 1 amide bonds. The van der Waals surface area contributed by atoms with Crippen molar-refractivity contribution in [3.8, 4) is 0 Å². The monoisotopic (exact) mass is 328 g/mol. The third-order valence-corrected chi connectivity index (χ3v) is 4.48. The molecule has 23 heavy (non-hydrogen) atoms. The van der Waals surface area contributed by atoms with Crippen LogP contribution in [0.2, 0.25) is 5.15 Å². The van der Waals surface area contributed by atoms with Crippen LogP contribution in [0.5, 0.6) is 0 Å². The molecule has 6 nitrogen and oxygen atoms in total. The fourth-order valence-electron chi connectivity index (χ4n) is 3.00. The number of aromatic nitrogens is 3. The Balaban J connectivity index is 1.77. The number of fused-ring (bicyclic) bond motifs is 3. The summed E-state index contributed by atoms with van der Waals surface area (Å²) in [5.74, 6) is 0. The summed E-state index contributed by atoms with van der Waals surface area (Å²) in [5, 5.41) is 11.3. The van der Waals surface area contributed by atoms with Crippen molar-refractivity contribution in [2.75, 3.05) is 13.1 Å². The van der Waals surface area contributed by atoms with Crippen LogP contribution in [0.4, 0.5) is 4.79 Å². The maximum Gasteiger partial charge on any atom is 0.407 e. The van der Waals surface area contributed by atoms with Crippen molar-refractivity contribution in [2.45, 2.75) is 6.42 Å². The first-order chi connectivity index (χ1) is 11.1. The minimum atomic E-state index is -0.875. The highest BCUT2D eigenvalue weighted by atomic mass is 35.5. The van der Waals surface area contributed by atoms with Crippen molar-refractivity contribution >= 4 is 45.2 Å². The van der Waals surface area contributed by atoms with Crippen LogP contribution in [0.3, 0.4) is 0 Å². The summed E-state index contributed by atoms with van der Waals surface area (Å²) in [6.45, 7) is 0.940. The highest BCUT2D eigenvalue weighted by Gasteiger charge is 2.17. The summed E-state index contributed by atoms with van der Waals surface area (Å²) in [6, 6.07) is 6.08. The Kier molecular flexibility index (Phi) is 3.20. The number of hydrogen-bond acceptors (Lipinski definition) is 3. The van der Waals surface area contributed by atoms with Gasteiger partial charge in [0.25, 0.3) is 0 Å². The zero-order valence-electron chi connectivity index (χ0n) is 12.1. The van der Waals surface area contributed by atoms with Crippen molar-refractivity contribution in [1.29, 1.82) is 0 Å². The number of aromatic amines is 1. The summed E-state index contributed by atoms with van der Waals surface area (Å²) >= 11 is 6.17. The van der Waals surface area contributed by atoms with Gasteiger partial charge in [0.15, 0.2) is 0 Å². The quantitative estimate of drug-likeness (QED) is 0.669. The van der Waals surface area contributed by atoms with Crippen LogP contribution in [-0.2, 0) is 0 Å². The van der Waals surface area contributed by atoms with E-state index in [0.29, 0.717) is 30.3 Å². The SMILES string of the molecule is O=C(O)N1CC=C(c2ccc3c(c2)[nH]c2ncnc(Cl)c23)CC1. The Morgan fingerprint density at radius 1 is 1.35 bits per heavy atom. The number of nitrogens with zero attached hydrogens (tertiary/aromatic N) is 3. The Hall–Kier alpha value is -2.60. The Bertz CT molecular complexity index is 963. The van der Waals surface area contributed by atoms with Crippen molar-refractivity contribution in [3.05, 3.63) is 41.3 Å². The normalized spacial score (nSPS) is 15.2. The topological polar surface area (TPSA) is 82.1 Å². The van der Waals surface area contributed by atoms with Gasteiger partial charge in [0, 0.05) is 24.0 Å². The van der Waals surface area contributed by atoms with Crippen molar-refractivity contribution in [3.63, 3.8) is 0 Å². The van der Waals surface area contributed by atoms with Crippen LogP contribution in [0, 0.1) is 0 Å². The van der Waals surface area contributed by atoms with E-state index >= 15 is 0 Å². The number of benzene rings is 1. The molecule has 0 saturated carbocycles. The molecule has 0 aliphatic carbocycles. The van der Waals surface area contributed by atoms with Crippen molar-refractivity contribution in [1.82, 2.24) is 19.9 Å². The van der Waals surface area contributed by atoms with Gasteiger partial charge in [-0.05, 0) is 23.6 Å². The molecule has 1 aliphatic rings. The number of rotatable bonds is 1. The van der Waals surface area contributed by atoms with Gasteiger partial charge in [-0.3, -0.25) is 0 Å². The van der Waals surface area contributed by atoms with Gasteiger partial charge in [0.05, 0.1) is 5.39 Å². The molecule has 2 N–H and O–H groups in total. The summed E-state index contributed by atoms with van der Waals surface area (Å²) < 4.78 is 0. The summed E-state index contributed by atoms with van der Waals surface area (Å²) in [4.78, 5) is 23.9. The van der Waals surface area contributed by atoms with Crippen LogP contribution in [0.15, 0.2) is 30.6 Å². The number of carbonyl (C=O) groups is 1. The van der Waals surface area contributed by atoms with E-state index in [1.165, 1.54) is 11.2 Å². The van der Waals surface area contributed by atoms with E-state index in [2.05, 4.69) is 21.0 Å². The molecule has 3 aromatic rings. The number of amides is 1. The second kappa shape index (κ2) is 5.24. The van der Waals surface area contributed by atoms with Gasteiger partial charge < -0.3 is 15.0 Å². The van der Waals surface area contributed by atoms with Gasteiger partial charge >= 0.3 is 6.09 Å². The van der Waals surface area contributed by atoms with Crippen LogP contribution in [0.1, 0.15) is 12.0 Å². The molecule has 0 radical (unpaired) electrons. The molecule has 0 unspecified atom stereocenters. The first-order valence-electron chi connectivity index (χ1n) is 7.22. The van der Waals surface area contributed by atoms with E-state index in [1.54, 1.807) is 0 Å². The molecular weight excluding hydrogens is 316 g/mol. The summed E-state index contributed by atoms with van der Waals surface area (Å²) in [5.41, 5.74) is 3.90. The van der Waals surface area contributed by atoms with Crippen molar-refractivity contribution < 1.29 is 9.90 Å². The summed E-state index contributed by atoms with van der Waals surface area (Å²) in [7, 11) is 0. The fraction of sp³-hybridized carbons (Fsp3) is 0.188. The maximum absolute atomic E-state index is 11.0. The van der Waals surface area contributed by atoms with Crippen LogP contribution < -0.4 is 0 Å². The van der Waals surface area contributed by atoms with E-state index in [-0.39, 0.29) is 0 Å². The number of carboxylic acid groups (broad SMARTS) is 1. The van der Waals surface area contributed by atoms with E-state index in [4.69, 9.17) is 16.7 Å². The second-order valence-electron chi connectivity index (χ2n) is 5.48. The highest BCUT2D eigenvalue weighted by molar-refractivity contribution is 6.36. The molecule has 116 valence electrons. The maximum atomic E-state index is 11.0. The van der Waals surface area contributed by atoms with Crippen molar-refractivity contribution in [2.24, 2.45) is 0 Å². The van der Waals surface area contributed by atoms with E-state index in [1.807, 2.05) is 18.2 Å². The molecule has 0 fully saturated rings. The highest BCUT2D eigenvalue weighted by Crippen LogP contribution is 2.31. The molecule has 0 spiro atoms. The number of H-pyrrole nitrogens is 1. The molecule has 0 saturated heterocycles. The van der Waals surface area contributed by atoms with Gasteiger partial charge in [0.1, 0.15) is 17.1 Å². The fourth-order valence-corrected chi connectivity index (χ4v) is 3.23. The van der Waals surface area contributed by atoms with Gasteiger partial charge in [-0.25, -0.2) is 14.8 Å². The Labute approximate surface area is 136 Å². The van der Waals surface area contributed by atoms with Crippen LogP contribution >= 0.6 is 11.6 Å². The predicted molar refractivity (Wildman–Crippen MR) is 88.6 cm³/mol. The third-order valence-electron chi connectivity index (χ3n) is 4.19. The minimum Gasteiger partial charge on any atom is -0.465 e. The average Bonchev–Trinajstić information content (AvgIpc) is 2.93. The largest absolute Gasteiger partial charge is 0.465 e. The molecule has 1 aromatic carbocycles. The van der Waals surface area contributed by atoms with Gasteiger partial charge in [-0.2, -0.15) is 0 Å². The molecule has 3 heterocycles. The van der Waals surface area contributed by atoms with E-state index in [9.17, 15) is 4.79 Å². The first-order valence-corrected chi connectivity index (χ1v) is 7.60. The molecule has 7 heteroatoms. The minimum absolute atomic E-state index is 0.423.